The Labute approximate surface area is 99.1 Å². The highest BCUT2D eigenvalue weighted by atomic mass is 79.9. The lowest BCUT2D eigenvalue weighted by Crippen LogP contribution is -2.15. The third-order valence-corrected chi connectivity index (χ3v) is 5.22. The van der Waals surface area contributed by atoms with Gasteiger partial charge in [-0.15, -0.1) is 5.73 Å². The molecule has 0 amide bonds. The van der Waals surface area contributed by atoms with Crippen molar-refractivity contribution in [1.29, 1.82) is 0 Å². The van der Waals surface area contributed by atoms with Crippen LogP contribution in [-0.4, -0.2) is 13.7 Å². The lowest BCUT2D eigenvalue weighted by Gasteiger charge is -2.08. The Morgan fingerprint density at radius 3 is 2.47 bits per heavy atom. The Hall–Kier alpha value is -0.570. The largest absolute Gasteiger partial charge is 0.223 e. The smallest absolute Gasteiger partial charge is 0.182 e. The van der Waals surface area contributed by atoms with Crippen LogP contribution in [-0.2, 0) is 9.84 Å². The summed E-state index contributed by atoms with van der Waals surface area (Å²) in [6.45, 7) is 5.21. The first-order chi connectivity index (χ1) is 6.85. The third-order valence-electron chi connectivity index (χ3n) is 2.07. The molecule has 1 rings (SSSR count). The summed E-state index contributed by atoms with van der Waals surface area (Å²) in [5.74, 6) is 0. The van der Waals surface area contributed by atoms with Crippen LogP contribution in [0.25, 0.3) is 0 Å². The van der Waals surface area contributed by atoms with Crippen molar-refractivity contribution in [2.24, 2.45) is 0 Å². The van der Waals surface area contributed by atoms with E-state index in [9.17, 15) is 8.42 Å². The molecule has 0 saturated carbocycles. The van der Waals surface area contributed by atoms with Crippen molar-refractivity contribution in [2.75, 3.05) is 0 Å². The molecule has 0 atom stereocenters. The van der Waals surface area contributed by atoms with E-state index < -0.39 is 15.1 Å². The van der Waals surface area contributed by atoms with Gasteiger partial charge in [-0.05, 0) is 48.4 Å². The molecule has 0 saturated heterocycles. The molecule has 0 heterocycles. The van der Waals surface area contributed by atoms with E-state index in [-0.39, 0.29) is 0 Å². The van der Waals surface area contributed by atoms with Crippen molar-refractivity contribution in [3.8, 4) is 0 Å². The Morgan fingerprint density at radius 1 is 1.33 bits per heavy atom. The summed E-state index contributed by atoms with van der Waals surface area (Å²) in [7, 11) is -3.25. The topological polar surface area (TPSA) is 34.1 Å². The maximum atomic E-state index is 12.0. The SMILES string of the molecule is CC1=C=CC(S(=O)(=O)C(C)C)=C(Br)C=C1. The van der Waals surface area contributed by atoms with Gasteiger partial charge in [-0.25, -0.2) is 8.42 Å². The number of allylic oxidation sites excluding steroid dienone is 4. The fourth-order valence-electron chi connectivity index (χ4n) is 1.05. The highest BCUT2D eigenvalue weighted by molar-refractivity contribution is 9.12. The third kappa shape index (κ3) is 2.71. The predicted octanol–water partition coefficient (Wildman–Crippen LogP) is 3.09. The van der Waals surface area contributed by atoms with Gasteiger partial charge in [0.25, 0.3) is 0 Å². The number of rotatable bonds is 2. The second-order valence-electron chi connectivity index (χ2n) is 3.61. The molecular formula is C11H13BrO2S. The van der Waals surface area contributed by atoms with Crippen molar-refractivity contribution >= 4 is 25.8 Å². The summed E-state index contributed by atoms with van der Waals surface area (Å²) in [6, 6.07) is 0. The van der Waals surface area contributed by atoms with Crippen LogP contribution in [0.1, 0.15) is 20.8 Å². The summed E-state index contributed by atoms with van der Waals surface area (Å²) in [4.78, 5) is 0.297. The molecule has 0 aromatic heterocycles. The zero-order valence-corrected chi connectivity index (χ0v) is 11.3. The molecular weight excluding hydrogens is 276 g/mol. The second kappa shape index (κ2) is 4.52. The molecule has 1 aliphatic carbocycles. The number of hydrogen-bond donors (Lipinski definition) is 0. The molecule has 0 aromatic rings. The monoisotopic (exact) mass is 288 g/mol. The molecule has 0 bridgehead atoms. The molecule has 0 N–H and O–H groups in total. The van der Waals surface area contributed by atoms with E-state index in [0.29, 0.717) is 9.39 Å². The average Bonchev–Trinajstić information content (AvgIpc) is 2.29. The van der Waals surface area contributed by atoms with Crippen LogP contribution in [0.4, 0.5) is 0 Å². The quantitative estimate of drug-likeness (QED) is 0.732. The van der Waals surface area contributed by atoms with Crippen LogP contribution in [0.3, 0.4) is 0 Å². The average molecular weight is 289 g/mol. The van der Waals surface area contributed by atoms with Crippen LogP contribution in [0, 0.1) is 0 Å². The molecule has 0 fully saturated rings. The van der Waals surface area contributed by atoms with Gasteiger partial charge in [0.15, 0.2) is 9.84 Å². The van der Waals surface area contributed by atoms with Crippen molar-refractivity contribution in [2.45, 2.75) is 26.0 Å². The zero-order valence-electron chi connectivity index (χ0n) is 8.91. The zero-order chi connectivity index (χ0) is 11.6. The predicted molar refractivity (Wildman–Crippen MR) is 66.4 cm³/mol. The maximum absolute atomic E-state index is 12.0. The van der Waals surface area contributed by atoms with E-state index in [1.54, 1.807) is 19.9 Å². The molecule has 0 aliphatic heterocycles. The van der Waals surface area contributed by atoms with Gasteiger partial charge in [-0.1, -0.05) is 6.08 Å². The van der Waals surface area contributed by atoms with Crippen molar-refractivity contribution in [3.05, 3.63) is 38.9 Å². The van der Waals surface area contributed by atoms with Crippen LogP contribution in [0.5, 0.6) is 0 Å². The first kappa shape index (κ1) is 12.5. The fourth-order valence-corrected chi connectivity index (χ4v) is 3.04. The molecule has 0 aromatic carbocycles. The van der Waals surface area contributed by atoms with Gasteiger partial charge in [0.2, 0.25) is 0 Å². The summed E-state index contributed by atoms with van der Waals surface area (Å²) in [5, 5.41) is -0.426. The summed E-state index contributed by atoms with van der Waals surface area (Å²) in [6.07, 6.45) is 5.08. The molecule has 0 unspecified atom stereocenters. The van der Waals surface area contributed by atoms with Gasteiger partial charge in [0.05, 0.1) is 10.2 Å². The van der Waals surface area contributed by atoms with Gasteiger partial charge in [0, 0.05) is 10.6 Å². The van der Waals surface area contributed by atoms with E-state index >= 15 is 0 Å². The van der Waals surface area contributed by atoms with Crippen LogP contribution in [0.2, 0.25) is 0 Å². The van der Waals surface area contributed by atoms with Gasteiger partial charge < -0.3 is 0 Å². The van der Waals surface area contributed by atoms with E-state index in [1.807, 2.05) is 13.0 Å². The minimum absolute atomic E-state index is 0.297. The molecule has 0 spiro atoms. The lowest BCUT2D eigenvalue weighted by molar-refractivity contribution is 0.594. The minimum atomic E-state index is -3.25. The van der Waals surface area contributed by atoms with Crippen LogP contribution in [0.15, 0.2) is 38.9 Å². The normalized spacial score (nSPS) is 17.0. The van der Waals surface area contributed by atoms with E-state index in [4.69, 9.17) is 0 Å². The van der Waals surface area contributed by atoms with Gasteiger partial charge in [0.1, 0.15) is 0 Å². The van der Waals surface area contributed by atoms with Crippen molar-refractivity contribution < 1.29 is 8.42 Å². The number of halogens is 1. The molecule has 82 valence electrons. The Morgan fingerprint density at radius 2 is 1.93 bits per heavy atom. The van der Waals surface area contributed by atoms with Gasteiger partial charge in [-0.3, -0.25) is 0 Å². The highest BCUT2D eigenvalue weighted by Crippen LogP contribution is 2.25. The first-order valence-corrected chi connectivity index (χ1v) is 6.94. The summed E-state index contributed by atoms with van der Waals surface area (Å²) in [5.41, 5.74) is 3.83. The Bertz CT molecular complexity index is 487. The van der Waals surface area contributed by atoms with Crippen molar-refractivity contribution in [1.82, 2.24) is 0 Å². The summed E-state index contributed by atoms with van der Waals surface area (Å²) >= 11 is 3.27. The second-order valence-corrected chi connectivity index (χ2v) is 6.94. The first-order valence-electron chi connectivity index (χ1n) is 4.60. The molecule has 15 heavy (non-hydrogen) atoms. The number of sulfone groups is 1. The Balaban J connectivity index is 3.39. The van der Waals surface area contributed by atoms with E-state index in [2.05, 4.69) is 21.7 Å². The minimum Gasteiger partial charge on any atom is -0.223 e. The van der Waals surface area contributed by atoms with E-state index in [1.165, 1.54) is 6.08 Å². The summed E-state index contributed by atoms with van der Waals surface area (Å²) < 4.78 is 24.5. The van der Waals surface area contributed by atoms with E-state index in [0.717, 1.165) is 5.57 Å². The highest BCUT2D eigenvalue weighted by Gasteiger charge is 2.22. The molecule has 2 nitrogen and oxygen atoms in total. The van der Waals surface area contributed by atoms with Crippen LogP contribution < -0.4 is 0 Å². The number of hydrogen-bond acceptors (Lipinski definition) is 2. The maximum Gasteiger partial charge on any atom is 0.182 e. The molecule has 0 radical (unpaired) electrons. The standard InChI is InChI=1S/C11H13BrO2S/c1-8(2)15(13,14)11-7-5-9(3)4-6-10(11)12/h4,6-8H,1-3H3. The Kier molecular flexibility index (Phi) is 3.77. The lowest BCUT2D eigenvalue weighted by atomic mass is 10.3. The van der Waals surface area contributed by atoms with Crippen LogP contribution >= 0.6 is 15.9 Å². The van der Waals surface area contributed by atoms with Gasteiger partial charge in [-0.2, -0.15) is 0 Å². The van der Waals surface area contributed by atoms with Crippen molar-refractivity contribution in [3.63, 3.8) is 0 Å². The van der Waals surface area contributed by atoms with Gasteiger partial charge >= 0.3 is 0 Å². The molecule has 4 heteroatoms. The fraction of sp³-hybridized carbons (Fsp3) is 0.364. The molecule has 1 aliphatic rings.